The number of hydrogen-bond acceptors (Lipinski definition) is 5. The smallest absolute Gasteiger partial charge is 0.288 e. The molecule has 1 heterocycles. The van der Waals surface area contributed by atoms with Crippen LogP contribution in [0.5, 0.6) is 0 Å². The Morgan fingerprint density at radius 3 is 2.44 bits per heavy atom. The summed E-state index contributed by atoms with van der Waals surface area (Å²) in [5.41, 5.74) is 6.68. The number of aromatic nitrogens is 1. The number of amides is 1. The quantitative estimate of drug-likeness (QED) is 0.267. The number of H-pyrrole nitrogens is 1. The Kier molecular flexibility index (Phi) is 5.67. The third-order valence-electron chi connectivity index (χ3n) is 5.07. The number of hydrazone groups is 1. The van der Waals surface area contributed by atoms with Gasteiger partial charge in [-0.25, -0.2) is 5.43 Å². The number of non-ortho nitro benzene ring substituents is 1. The average molecular weight is 427 g/mol. The molecular weight excluding hydrogens is 406 g/mol. The van der Waals surface area contributed by atoms with E-state index in [1.807, 2.05) is 73.6 Å². The van der Waals surface area contributed by atoms with Gasteiger partial charge in [0, 0.05) is 48.4 Å². The predicted octanol–water partition coefficient (Wildman–Crippen LogP) is 4.57. The van der Waals surface area contributed by atoms with E-state index in [4.69, 9.17) is 0 Å². The van der Waals surface area contributed by atoms with Crippen molar-refractivity contribution in [2.45, 2.75) is 0 Å². The lowest BCUT2D eigenvalue weighted by atomic mass is 10.0. The Morgan fingerprint density at radius 1 is 1.06 bits per heavy atom. The number of nitro benzene ring substituents is 1. The van der Waals surface area contributed by atoms with Gasteiger partial charge in [0.1, 0.15) is 5.69 Å². The zero-order chi connectivity index (χ0) is 22.7. The molecule has 0 unspecified atom stereocenters. The molecule has 1 aromatic heterocycles. The number of aromatic amines is 1. The molecule has 8 nitrogen and oxygen atoms in total. The molecule has 0 fully saturated rings. The summed E-state index contributed by atoms with van der Waals surface area (Å²) in [7, 11) is 3.92. The number of anilines is 1. The van der Waals surface area contributed by atoms with Crippen molar-refractivity contribution in [2.24, 2.45) is 5.10 Å². The van der Waals surface area contributed by atoms with Crippen molar-refractivity contribution in [3.05, 3.63) is 94.2 Å². The lowest BCUT2D eigenvalue weighted by molar-refractivity contribution is -0.384. The molecule has 0 radical (unpaired) electrons. The highest BCUT2D eigenvalue weighted by Crippen LogP contribution is 2.34. The molecule has 32 heavy (non-hydrogen) atoms. The van der Waals surface area contributed by atoms with Gasteiger partial charge in [0.15, 0.2) is 0 Å². The normalized spacial score (nSPS) is 11.1. The number of nitro groups is 1. The van der Waals surface area contributed by atoms with Crippen LogP contribution < -0.4 is 10.3 Å². The second-order valence-corrected chi connectivity index (χ2v) is 7.41. The number of rotatable bonds is 6. The molecule has 0 bridgehead atoms. The summed E-state index contributed by atoms with van der Waals surface area (Å²) in [6.07, 6.45) is 1.56. The predicted molar refractivity (Wildman–Crippen MR) is 126 cm³/mol. The van der Waals surface area contributed by atoms with Crippen LogP contribution in [0.3, 0.4) is 0 Å². The molecule has 0 saturated carbocycles. The summed E-state index contributed by atoms with van der Waals surface area (Å²) >= 11 is 0. The van der Waals surface area contributed by atoms with Gasteiger partial charge in [-0.2, -0.15) is 5.10 Å². The average Bonchev–Trinajstić information content (AvgIpc) is 3.19. The minimum atomic E-state index is -0.452. The van der Waals surface area contributed by atoms with Gasteiger partial charge in [-0.05, 0) is 29.3 Å². The van der Waals surface area contributed by atoms with Gasteiger partial charge < -0.3 is 9.88 Å². The molecule has 0 aliphatic rings. The SMILES string of the molecule is CN(C)c1ccc(C=NNC(=O)c2[nH]c3ccc([N+](=O)[O-])cc3c2-c2ccccc2)cc1. The highest BCUT2D eigenvalue weighted by molar-refractivity contribution is 6.10. The summed E-state index contributed by atoms with van der Waals surface area (Å²) in [6.45, 7) is 0. The molecule has 0 saturated heterocycles. The summed E-state index contributed by atoms with van der Waals surface area (Å²) in [6, 6.07) is 21.5. The van der Waals surface area contributed by atoms with Crippen molar-refractivity contribution >= 4 is 34.4 Å². The summed E-state index contributed by atoms with van der Waals surface area (Å²) in [5.74, 6) is -0.441. The molecule has 4 rings (SSSR count). The van der Waals surface area contributed by atoms with Gasteiger partial charge in [-0.15, -0.1) is 0 Å². The van der Waals surface area contributed by atoms with Gasteiger partial charge in [-0.1, -0.05) is 42.5 Å². The van der Waals surface area contributed by atoms with Crippen molar-refractivity contribution in [3.63, 3.8) is 0 Å². The minimum absolute atomic E-state index is 0.0418. The van der Waals surface area contributed by atoms with E-state index in [2.05, 4.69) is 15.5 Å². The summed E-state index contributed by atoms with van der Waals surface area (Å²) < 4.78 is 0. The first-order valence-corrected chi connectivity index (χ1v) is 9.90. The number of carbonyl (C=O) groups excluding carboxylic acids is 1. The van der Waals surface area contributed by atoms with Crippen LogP contribution in [0.1, 0.15) is 16.1 Å². The topological polar surface area (TPSA) is 104 Å². The fourth-order valence-corrected chi connectivity index (χ4v) is 3.45. The highest BCUT2D eigenvalue weighted by Gasteiger charge is 2.21. The lowest BCUT2D eigenvalue weighted by Crippen LogP contribution is -2.18. The monoisotopic (exact) mass is 427 g/mol. The van der Waals surface area contributed by atoms with E-state index >= 15 is 0 Å². The first-order valence-electron chi connectivity index (χ1n) is 9.90. The Hall–Kier alpha value is -4.46. The van der Waals surface area contributed by atoms with E-state index in [0.29, 0.717) is 16.5 Å². The fraction of sp³-hybridized carbons (Fsp3) is 0.0833. The van der Waals surface area contributed by atoms with Crippen molar-refractivity contribution in [1.82, 2.24) is 10.4 Å². The maximum atomic E-state index is 13.0. The molecule has 8 heteroatoms. The maximum Gasteiger partial charge on any atom is 0.288 e. The largest absolute Gasteiger partial charge is 0.378 e. The molecule has 1 amide bonds. The fourth-order valence-electron chi connectivity index (χ4n) is 3.45. The van der Waals surface area contributed by atoms with Crippen LogP contribution in [-0.4, -0.2) is 36.1 Å². The van der Waals surface area contributed by atoms with Gasteiger partial charge in [0.05, 0.1) is 11.1 Å². The molecule has 0 atom stereocenters. The summed E-state index contributed by atoms with van der Waals surface area (Å²) in [4.78, 5) is 28.9. The number of hydrogen-bond donors (Lipinski definition) is 2. The Balaban J connectivity index is 1.67. The lowest BCUT2D eigenvalue weighted by Gasteiger charge is -2.11. The standard InChI is InChI=1S/C24H21N5O3/c1-28(2)18-10-8-16(9-11-18)15-25-27-24(30)23-22(17-6-4-3-5-7-17)20-14-19(29(31)32)12-13-21(20)26-23/h3-15,26H,1-2H3,(H,27,30). The number of fused-ring (bicyclic) bond motifs is 1. The molecule has 2 N–H and O–H groups in total. The van der Waals surface area contributed by atoms with Crippen molar-refractivity contribution in [3.8, 4) is 11.1 Å². The number of benzene rings is 3. The number of nitrogens with zero attached hydrogens (tertiary/aromatic N) is 3. The van der Waals surface area contributed by atoms with Crippen LogP contribution >= 0.6 is 0 Å². The molecule has 0 aliphatic heterocycles. The second-order valence-electron chi connectivity index (χ2n) is 7.41. The maximum absolute atomic E-state index is 13.0. The van der Waals surface area contributed by atoms with Crippen LogP contribution in [0.4, 0.5) is 11.4 Å². The highest BCUT2D eigenvalue weighted by atomic mass is 16.6. The Labute approximate surface area is 184 Å². The zero-order valence-corrected chi connectivity index (χ0v) is 17.6. The van der Waals surface area contributed by atoms with Crippen molar-refractivity contribution in [2.75, 3.05) is 19.0 Å². The third kappa shape index (κ3) is 4.20. The van der Waals surface area contributed by atoms with Gasteiger partial charge in [0.2, 0.25) is 0 Å². The van der Waals surface area contributed by atoms with E-state index in [0.717, 1.165) is 16.8 Å². The summed E-state index contributed by atoms with van der Waals surface area (Å²) in [5, 5.41) is 15.9. The van der Waals surface area contributed by atoms with Crippen LogP contribution in [-0.2, 0) is 0 Å². The molecular formula is C24H21N5O3. The van der Waals surface area contributed by atoms with E-state index < -0.39 is 10.8 Å². The molecule has 0 aliphatic carbocycles. The van der Waals surface area contributed by atoms with E-state index in [9.17, 15) is 14.9 Å². The minimum Gasteiger partial charge on any atom is -0.378 e. The van der Waals surface area contributed by atoms with Crippen molar-refractivity contribution < 1.29 is 9.72 Å². The first-order chi connectivity index (χ1) is 15.4. The van der Waals surface area contributed by atoms with Crippen molar-refractivity contribution in [1.29, 1.82) is 0 Å². The number of nitrogens with one attached hydrogen (secondary N) is 2. The first kappa shape index (κ1) is 20.8. The van der Waals surface area contributed by atoms with Crippen LogP contribution in [0.25, 0.3) is 22.0 Å². The third-order valence-corrected chi connectivity index (χ3v) is 5.07. The van der Waals surface area contributed by atoms with Crippen LogP contribution in [0.2, 0.25) is 0 Å². The van der Waals surface area contributed by atoms with Gasteiger partial charge >= 0.3 is 0 Å². The van der Waals surface area contributed by atoms with E-state index in [1.54, 1.807) is 12.3 Å². The van der Waals surface area contributed by atoms with Gasteiger partial charge in [-0.3, -0.25) is 14.9 Å². The zero-order valence-electron chi connectivity index (χ0n) is 17.6. The molecule has 160 valence electrons. The molecule has 0 spiro atoms. The van der Waals surface area contributed by atoms with Crippen LogP contribution in [0, 0.1) is 10.1 Å². The second kappa shape index (κ2) is 8.73. The molecule has 3 aromatic carbocycles. The Bertz CT molecular complexity index is 1310. The van der Waals surface area contributed by atoms with E-state index in [1.165, 1.54) is 12.1 Å². The van der Waals surface area contributed by atoms with Gasteiger partial charge in [0.25, 0.3) is 11.6 Å². The molecule has 4 aromatic rings. The Morgan fingerprint density at radius 2 is 1.78 bits per heavy atom. The van der Waals surface area contributed by atoms with Crippen LogP contribution in [0.15, 0.2) is 77.9 Å². The van der Waals surface area contributed by atoms with E-state index in [-0.39, 0.29) is 11.4 Å². The number of carbonyl (C=O) groups is 1.